The molecule has 5 atom stereocenters. The maximum Gasteiger partial charge on any atom is 0.338 e. The van der Waals surface area contributed by atoms with Crippen molar-refractivity contribution in [2.45, 2.75) is 36.8 Å². The number of ether oxygens (including phenoxy) is 4. The lowest BCUT2D eigenvalue weighted by atomic mass is 9.77. The van der Waals surface area contributed by atoms with Crippen molar-refractivity contribution in [3.8, 4) is 103 Å². The van der Waals surface area contributed by atoms with E-state index in [1.807, 2.05) is 0 Å². The minimum absolute atomic E-state index is 0.251. The lowest BCUT2D eigenvalue weighted by Crippen LogP contribution is -2.40. The lowest BCUT2D eigenvalue weighted by Gasteiger charge is -2.42. The van der Waals surface area contributed by atoms with Crippen LogP contribution in [0.4, 0.5) is 0 Å². The number of aromatic hydroxyl groups is 16. The Morgan fingerprint density at radius 3 is 1.35 bits per heavy atom. The summed E-state index contributed by atoms with van der Waals surface area (Å²) < 4.78 is 24.3. The Kier molecular flexibility index (Phi) is 10.4. The fraction of sp³-hybridized carbons (Fsp3) is 0.136. The number of hydrogen-bond donors (Lipinski definition) is 16. The van der Waals surface area contributed by atoms with Crippen molar-refractivity contribution in [3.63, 3.8) is 0 Å². The third-order valence-corrected chi connectivity index (χ3v) is 10.9. The summed E-state index contributed by atoms with van der Waals surface area (Å²) in [6.07, 6.45) is -7.81. The zero-order valence-corrected chi connectivity index (χ0v) is 33.0. The van der Waals surface area contributed by atoms with E-state index in [2.05, 4.69) is 0 Å². The van der Waals surface area contributed by atoms with Crippen LogP contribution in [0, 0.1) is 0 Å². The van der Waals surface area contributed by atoms with E-state index in [1.165, 1.54) is 0 Å². The molecule has 66 heavy (non-hydrogen) atoms. The van der Waals surface area contributed by atoms with Crippen molar-refractivity contribution in [1.82, 2.24) is 0 Å². The number of phenolic OH excluding ortho intramolecular Hbond substituents is 16. The molecule has 0 saturated heterocycles. The van der Waals surface area contributed by atoms with Gasteiger partial charge in [0.1, 0.15) is 40.6 Å². The summed E-state index contributed by atoms with van der Waals surface area (Å²) in [6.45, 7) is 0. The number of rotatable bonds is 7. The molecule has 0 unspecified atom stereocenters. The van der Waals surface area contributed by atoms with Crippen LogP contribution in [0.1, 0.15) is 66.7 Å². The lowest BCUT2D eigenvalue weighted by molar-refractivity contribution is -0.0303. The third kappa shape index (κ3) is 7.32. The molecule has 0 bridgehead atoms. The van der Waals surface area contributed by atoms with Gasteiger partial charge >= 0.3 is 11.9 Å². The molecule has 2 aliphatic rings. The monoisotopic (exact) mass is 914 g/mol. The predicted molar refractivity (Wildman–Crippen MR) is 216 cm³/mol. The summed E-state index contributed by atoms with van der Waals surface area (Å²) >= 11 is 0. The maximum absolute atomic E-state index is 14.1. The second-order valence-corrected chi connectivity index (χ2v) is 15.1. The molecular weight excluding hydrogens is 880 g/mol. The number of benzene rings is 6. The Labute approximate surface area is 367 Å². The van der Waals surface area contributed by atoms with Crippen molar-refractivity contribution in [1.29, 1.82) is 0 Å². The first-order valence-corrected chi connectivity index (χ1v) is 19.0. The van der Waals surface area contributed by atoms with Gasteiger partial charge in [0.05, 0.1) is 17.0 Å². The highest BCUT2D eigenvalue weighted by Gasteiger charge is 2.50. The quantitative estimate of drug-likeness (QED) is 0.0780. The van der Waals surface area contributed by atoms with E-state index >= 15 is 0 Å². The van der Waals surface area contributed by atoms with Gasteiger partial charge in [-0.05, 0) is 48.5 Å². The molecule has 6 aromatic rings. The number of esters is 2. The van der Waals surface area contributed by atoms with Crippen LogP contribution in [0.5, 0.6) is 103 Å². The zero-order valence-electron chi connectivity index (χ0n) is 33.0. The van der Waals surface area contributed by atoms with E-state index in [-0.39, 0.29) is 22.3 Å². The summed E-state index contributed by atoms with van der Waals surface area (Å²) in [4.78, 5) is 27.7. The van der Waals surface area contributed by atoms with Gasteiger partial charge in [0.15, 0.2) is 87.3 Å². The largest absolute Gasteiger partial charge is 0.508 e. The van der Waals surface area contributed by atoms with E-state index in [0.717, 1.165) is 54.6 Å². The predicted octanol–water partition coefficient (Wildman–Crippen LogP) is 4.37. The second-order valence-electron chi connectivity index (χ2n) is 15.1. The molecule has 0 spiro atoms. The zero-order chi connectivity index (χ0) is 47.8. The van der Waals surface area contributed by atoms with Gasteiger partial charge in [-0.25, -0.2) is 9.59 Å². The Morgan fingerprint density at radius 1 is 0.439 bits per heavy atom. The van der Waals surface area contributed by atoms with E-state index in [0.29, 0.717) is 12.1 Å². The number of fused-ring (bicyclic) bond motifs is 2. The molecule has 0 aliphatic carbocycles. The number of phenols is 16. The summed E-state index contributed by atoms with van der Waals surface area (Å²) in [5.74, 6) is -19.9. The molecule has 0 radical (unpaired) electrons. The van der Waals surface area contributed by atoms with Crippen LogP contribution < -0.4 is 9.47 Å². The molecule has 342 valence electrons. The smallest absolute Gasteiger partial charge is 0.338 e. The molecule has 22 heteroatoms. The summed E-state index contributed by atoms with van der Waals surface area (Å²) in [7, 11) is 0. The molecular formula is C44H34O22. The van der Waals surface area contributed by atoms with E-state index in [9.17, 15) is 91.3 Å². The highest BCUT2D eigenvalue weighted by atomic mass is 16.6. The van der Waals surface area contributed by atoms with Gasteiger partial charge in [-0.2, -0.15) is 0 Å². The molecule has 16 N–H and O–H groups in total. The maximum atomic E-state index is 14.1. The molecule has 0 amide bonds. The Morgan fingerprint density at radius 2 is 0.864 bits per heavy atom. The average molecular weight is 915 g/mol. The van der Waals surface area contributed by atoms with Gasteiger partial charge in [-0.15, -0.1) is 0 Å². The Balaban J connectivity index is 1.36. The standard InChI is InChI=1S/C44H34O22/c45-17-9-20(47)32-30(10-17)63-40(14-3-24(51)36(58)25(52)4-14)42(66-44(62)16-7-28(55)38(60)29(56)8-16)34(32)33-21(48)12-19(46)18-11-31(64-43(61)15-5-26(53)37(59)27(54)6-15)39(65-41(18)33)13-1-22(49)35(57)23(50)2-13/h1-10,12,31,34,39-40,42,45-60H,11H2/t31-,34+,39-,40+,42+/m0/s1. The first-order chi connectivity index (χ1) is 31.1. The van der Waals surface area contributed by atoms with Crippen LogP contribution in [-0.2, 0) is 15.9 Å². The summed E-state index contributed by atoms with van der Waals surface area (Å²) in [6, 6.07) is 8.99. The summed E-state index contributed by atoms with van der Waals surface area (Å²) in [5.41, 5.74) is -2.83. The summed E-state index contributed by atoms with van der Waals surface area (Å²) in [5, 5.41) is 169. The topological polar surface area (TPSA) is 395 Å². The van der Waals surface area contributed by atoms with Crippen molar-refractivity contribution < 1.29 is 110 Å². The molecule has 6 aromatic carbocycles. The van der Waals surface area contributed by atoms with E-state index < -0.39 is 169 Å². The van der Waals surface area contributed by atoms with Gasteiger partial charge in [0, 0.05) is 52.4 Å². The first kappa shape index (κ1) is 43.3. The molecule has 2 aliphatic heterocycles. The van der Waals surface area contributed by atoms with Crippen LogP contribution in [-0.4, -0.2) is 106 Å². The molecule has 2 heterocycles. The van der Waals surface area contributed by atoms with Crippen LogP contribution >= 0.6 is 0 Å². The van der Waals surface area contributed by atoms with Crippen molar-refractivity contribution >= 4 is 11.9 Å². The molecule has 0 saturated carbocycles. The van der Waals surface area contributed by atoms with Gasteiger partial charge in [-0.1, -0.05) is 0 Å². The van der Waals surface area contributed by atoms with Crippen LogP contribution in [0.15, 0.2) is 66.7 Å². The SMILES string of the molecule is O=C(O[C@@H]1[C@@H](c2c(O)cc(O)c3c2O[C@@H](c2cc(O)c(O)c(O)c2)[C@@H](OC(=O)c2cc(O)c(O)c(O)c2)C3)c2c(O)cc(O)cc2O[C@@H]1c1cc(O)c(O)c(O)c1)c1cc(O)c(O)c(O)c1. The number of hydrogen-bond acceptors (Lipinski definition) is 22. The molecule has 22 nitrogen and oxygen atoms in total. The van der Waals surface area contributed by atoms with E-state index in [1.54, 1.807) is 0 Å². The average Bonchev–Trinajstić information content (AvgIpc) is 3.25. The second kappa shape index (κ2) is 15.8. The minimum atomic E-state index is -2.00. The van der Waals surface area contributed by atoms with Crippen LogP contribution in [0.25, 0.3) is 0 Å². The fourth-order valence-corrected chi connectivity index (χ4v) is 7.89. The number of carbonyl (C=O) groups is 2. The van der Waals surface area contributed by atoms with E-state index in [4.69, 9.17) is 18.9 Å². The van der Waals surface area contributed by atoms with Crippen LogP contribution in [0.2, 0.25) is 0 Å². The molecule has 8 rings (SSSR count). The van der Waals surface area contributed by atoms with Crippen molar-refractivity contribution in [2.24, 2.45) is 0 Å². The van der Waals surface area contributed by atoms with Gasteiger partial charge in [0.2, 0.25) is 0 Å². The Bertz CT molecular complexity index is 2920. The van der Waals surface area contributed by atoms with Crippen molar-refractivity contribution in [3.05, 3.63) is 106 Å². The molecule has 0 aromatic heterocycles. The number of carbonyl (C=O) groups excluding carboxylic acids is 2. The third-order valence-electron chi connectivity index (χ3n) is 10.9. The minimum Gasteiger partial charge on any atom is -0.508 e. The van der Waals surface area contributed by atoms with Gasteiger partial charge < -0.3 is 101 Å². The van der Waals surface area contributed by atoms with Gasteiger partial charge in [0.25, 0.3) is 0 Å². The fourth-order valence-electron chi connectivity index (χ4n) is 7.89. The van der Waals surface area contributed by atoms with Gasteiger partial charge in [-0.3, -0.25) is 0 Å². The van der Waals surface area contributed by atoms with Crippen molar-refractivity contribution in [2.75, 3.05) is 0 Å². The molecule has 0 fully saturated rings. The Hall–Kier alpha value is -9.34. The highest BCUT2D eigenvalue weighted by Crippen LogP contribution is 2.59. The van der Waals surface area contributed by atoms with Crippen LogP contribution in [0.3, 0.4) is 0 Å². The highest BCUT2D eigenvalue weighted by molar-refractivity contribution is 5.92. The first-order valence-electron chi connectivity index (χ1n) is 19.0. The normalized spacial score (nSPS) is 18.5.